The summed E-state index contributed by atoms with van der Waals surface area (Å²) in [6, 6.07) is 17.2. The van der Waals surface area contributed by atoms with Gasteiger partial charge < -0.3 is 5.32 Å². The second-order valence-corrected chi connectivity index (χ2v) is 6.91. The number of hydrogen-bond donors (Lipinski definition) is 1. The maximum Gasteiger partial charge on any atom is 0.291 e. The van der Waals surface area contributed by atoms with E-state index < -0.39 is 0 Å². The molecule has 1 amide bonds. The zero-order valence-corrected chi connectivity index (χ0v) is 15.4. The average molecular weight is 375 g/mol. The fraction of sp³-hybridized carbons (Fsp3) is 0.100. The van der Waals surface area contributed by atoms with Crippen LogP contribution in [0.5, 0.6) is 0 Å². The largest absolute Gasteiger partial charge is 0.343 e. The van der Waals surface area contributed by atoms with Crippen LogP contribution in [-0.4, -0.2) is 25.7 Å². The van der Waals surface area contributed by atoms with E-state index in [1.54, 1.807) is 28.4 Å². The van der Waals surface area contributed by atoms with Crippen LogP contribution >= 0.6 is 11.3 Å². The van der Waals surface area contributed by atoms with Crippen LogP contribution < -0.4 is 5.32 Å². The van der Waals surface area contributed by atoms with Gasteiger partial charge in [-0.15, -0.1) is 16.4 Å². The zero-order chi connectivity index (χ0) is 18.6. The highest BCUT2D eigenvalue weighted by molar-refractivity contribution is 7.13. The van der Waals surface area contributed by atoms with Gasteiger partial charge in [0, 0.05) is 12.4 Å². The number of nitrogens with zero attached hydrogens (tertiary/aromatic N) is 4. The average Bonchev–Trinajstić information content (AvgIpc) is 3.39. The van der Waals surface area contributed by atoms with Gasteiger partial charge in [0.05, 0.1) is 16.6 Å². The molecule has 0 radical (unpaired) electrons. The Morgan fingerprint density at radius 2 is 1.85 bits per heavy atom. The first-order valence-electron chi connectivity index (χ1n) is 8.49. The number of carbonyl (C=O) groups is 1. The highest BCUT2D eigenvalue weighted by Crippen LogP contribution is 2.25. The Kier molecular flexibility index (Phi) is 4.76. The topological polar surface area (TPSA) is 72.7 Å². The van der Waals surface area contributed by atoms with Crippen molar-refractivity contribution in [2.75, 3.05) is 0 Å². The Morgan fingerprint density at radius 3 is 2.56 bits per heavy atom. The van der Waals surface area contributed by atoms with Crippen LogP contribution in [-0.2, 0) is 0 Å². The van der Waals surface area contributed by atoms with Crippen molar-refractivity contribution in [1.82, 2.24) is 25.1 Å². The third-order valence-corrected chi connectivity index (χ3v) is 4.97. The van der Waals surface area contributed by atoms with Gasteiger partial charge in [0.15, 0.2) is 5.82 Å². The van der Waals surface area contributed by atoms with Crippen LogP contribution in [0.1, 0.15) is 29.1 Å². The standard InChI is InChI=1S/C20H17N5OS/c1-14(15-9-11-21-12-10-15)22-20(26)18-23-19(17-8-5-13-27-17)25(24-18)16-6-3-2-4-7-16/h2-14H,1H3,(H,22,26). The monoisotopic (exact) mass is 375 g/mol. The molecule has 7 heteroatoms. The van der Waals surface area contributed by atoms with Crippen LogP contribution in [0.3, 0.4) is 0 Å². The molecule has 0 aliphatic heterocycles. The van der Waals surface area contributed by atoms with E-state index >= 15 is 0 Å². The van der Waals surface area contributed by atoms with Crippen LogP contribution in [0.15, 0.2) is 72.4 Å². The van der Waals surface area contributed by atoms with Gasteiger partial charge in [0.1, 0.15) is 0 Å². The molecule has 3 heterocycles. The molecule has 0 bridgehead atoms. The molecule has 0 saturated heterocycles. The summed E-state index contributed by atoms with van der Waals surface area (Å²) in [5, 5.41) is 9.40. The van der Waals surface area contributed by atoms with Crippen molar-refractivity contribution < 1.29 is 4.79 Å². The predicted octanol–water partition coefficient (Wildman–Crippen LogP) is 3.88. The molecule has 27 heavy (non-hydrogen) atoms. The normalized spacial score (nSPS) is 11.9. The van der Waals surface area contributed by atoms with Crippen LogP contribution in [0, 0.1) is 0 Å². The van der Waals surface area contributed by atoms with E-state index in [0.29, 0.717) is 5.82 Å². The molecule has 6 nitrogen and oxygen atoms in total. The summed E-state index contributed by atoms with van der Waals surface area (Å²) in [4.78, 5) is 22.2. The first kappa shape index (κ1) is 17.1. The smallest absolute Gasteiger partial charge is 0.291 e. The van der Waals surface area contributed by atoms with Crippen LogP contribution in [0.25, 0.3) is 16.4 Å². The van der Waals surface area contributed by atoms with E-state index in [-0.39, 0.29) is 17.8 Å². The van der Waals surface area contributed by atoms with Crippen LogP contribution in [0.4, 0.5) is 0 Å². The summed E-state index contributed by atoms with van der Waals surface area (Å²) >= 11 is 1.56. The minimum absolute atomic E-state index is 0.142. The van der Waals surface area contributed by atoms with E-state index in [1.807, 2.05) is 66.9 Å². The number of pyridine rings is 1. The lowest BCUT2D eigenvalue weighted by Crippen LogP contribution is -2.27. The lowest BCUT2D eigenvalue weighted by atomic mass is 10.1. The molecule has 1 unspecified atom stereocenters. The van der Waals surface area contributed by atoms with E-state index in [0.717, 1.165) is 16.1 Å². The van der Waals surface area contributed by atoms with Crippen molar-refractivity contribution in [1.29, 1.82) is 0 Å². The van der Waals surface area contributed by atoms with Crippen LogP contribution in [0.2, 0.25) is 0 Å². The molecule has 4 rings (SSSR count). The second kappa shape index (κ2) is 7.51. The number of amides is 1. The molecule has 1 N–H and O–H groups in total. The molecule has 3 aromatic heterocycles. The zero-order valence-electron chi connectivity index (χ0n) is 14.6. The van der Waals surface area contributed by atoms with Gasteiger partial charge in [-0.2, -0.15) is 0 Å². The highest BCUT2D eigenvalue weighted by atomic mass is 32.1. The minimum atomic E-state index is -0.313. The maximum absolute atomic E-state index is 12.7. The van der Waals surface area contributed by atoms with Gasteiger partial charge in [0.25, 0.3) is 5.91 Å². The Labute approximate surface area is 160 Å². The maximum atomic E-state index is 12.7. The van der Waals surface area contributed by atoms with Crippen molar-refractivity contribution in [3.05, 3.63) is 83.8 Å². The molecule has 1 atom stereocenters. The summed E-state index contributed by atoms with van der Waals surface area (Å²) in [5.41, 5.74) is 1.83. The quantitative estimate of drug-likeness (QED) is 0.574. The highest BCUT2D eigenvalue weighted by Gasteiger charge is 2.20. The fourth-order valence-electron chi connectivity index (χ4n) is 2.72. The number of hydrogen-bond acceptors (Lipinski definition) is 5. The van der Waals surface area contributed by atoms with Gasteiger partial charge >= 0.3 is 0 Å². The minimum Gasteiger partial charge on any atom is -0.343 e. The lowest BCUT2D eigenvalue weighted by molar-refractivity contribution is 0.0929. The molecule has 0 fully saturated rings. The molecule has 1 aromatic carbocycles. The van der Waals surface area contributed by atoms with E-state index in [1.165, 1.54) is 0 Å². The SMILES string of the molecule is CC(NC(=O)c1nc(-c2cccs2)n(-c2ccccc2)n1)c1ccncc1. The molecular formula is C20H17N5OS. The molecule has 0 spiro atoms. The lowest BCUT2D eigenvalue weighted by Gasteiger charge is -2.12. The fourth-order valence-corrected chi connectivity index (χ4v) is 3.42. The van der Waals surface area contributed by atoms with Crippen molar-refractivity contribution in [2.24, 2.45) is 0 Å². The van der Waals surface area contributed by atoms with Gasteiger partial charge in [-0.05, 0) is 48.2 Å². The Bertz CT molecular complexity index is 1030. The molecule has 4 aromatic rings. The molecule has 0 saturated carbocycles. The summed E-state index contributed by atoms with van der Waals surface area (Å²) in [7, 11) is 0. The van der Waals surface area contributed by atoms with Gasteiger partial charge in [-0.3, -0.25) is 9.78 Å². The van der Waals surface area contributed by atoms with Crippen molar-refractivity contribution >= 4 is 17.2 Å². The third kappa shape index (κ3) is 3.63. The Balaban J connectivity index is 1.66. The number of rotatable bonds is 5. The van der Waals surface area contributed by atoms with Gasteiger partial charge in [-0.1, -0.05) is 24.3 Å². The second-order valence-electron chi connectivity index (χ2n) is 5.96. The van der Waals surface area contributed by atoms with Crippen molar-refractivity contribution in [2.45, 2.75) is 13.0 Å². The first-order chi connectivity index (χ1) is 13.2. The Morgan fingerprint density at radius 1 is 1.07 bits per heavy atom. The summed E-state index contributed by atoms with van der Waals surface area (Å²) in [5.74, 6) is 0.480. The molecule has 134 valence electrons. The molecular weight excluding hydrogens is 358 g/mol. The van der Waals surface area contributed by atoms with Gasteiger partial charge in [0.2, 0.25) is 5.82 Å². The molecule has 0 aliphatic rings. The van der Waals surface area contributed by atoms with E-state index in [2.05, 4.69) is 20.4 Å². The molecule has 0 aliphatic carbocycles. The summed E-state index contributed by atoms with van der Waals surface area (Å²) < 4.78 is 1.71. The number of carbonyl (C=O) groups excluding carboxylic acids is 1. The van der Waals surface area contributed by atoms with Gasteiger partial charge in [-0.25, -0.2) is 9.67 Å². The van der Waals surface area contributed by atoms with E-state index in [9.17, 15) is 4.79 Å². The van der Waals surface area contributed by atoms with Crippen molar-refractivity contribution in [3.8, 4) is 16.4 Å². The number of aromatic nitrogens is 4. The van der Waals surface area contributed by atoms with Crippen molar-refractivity contribution in [3.63, 3.8) is 0 Å². The first-order valence-corrected chi connectivity index (χ1v) is 9.37. The third-order valence-electron chi connectivity index (χ3n) is 4.11. The number of nitrogens with one attached hydrogen (secondary N) is 1. The predicted molar refractivity (Wildman–Crippen MR) is 105 cm³/mol. The number of para-hydroxylation sites is 1. The number of thiophene rings is 1. The van der Waals surface area contributed by atoms with E-state index in [4.69, 9.17) is 0 Å². The number of benzene rings is 1. The summed E-state index contributed by atoms with van der Waals surface area (Å²) in [6.07, 6.45) is 3.41. The summed E-state index contributed by atoms with van der Waals surface area (Å²) in [6.45, 7) is 1.92. The Hall–Kier alpha value is -3.32.